The van der Waals surface area contributed by atoms with Crippen molar-refractivity contribution in [2.75, 3.05) is 19.6 Å². The van der Waals surface area contributed by atoms with Crippen molar-refractivity contribution in [3.05, 3.63) is 77.9 Å². The summed E-state index contributed by atoms with van der Waals surface area (Å²) in [5, 5.41) is 3.01. The van der Waals surface area contributed by atoms with Crippen molar-refractivity contribution < 1.29 is 14.4 Å². The van der Waals surface area contributed by atoms with E-state index >= 15 is 0 Å². The Bertz CT molecular complexity index is 935. The number of hydrogen-bond acceptors (Lipinski definition) is 3. The molecule has 1 N–H and O–H groups in total. The van der Waals surface area contributed by atoms with Gasteiger partial charge in [-0.1, -0.05) is 55.1 Å². The van der Waals surface area contributed by atoms with Crippen LogP contribution in [-0.2, 0) is 9.59 Å². The minimum absolute atomic E-state index is 0.108. The van der Waals surface area contributed by atoms with Crippen LogP contribution in [-0.4, -0.2) is 47.2 Å². The van der Waals surface area contributed by atoms with Gasteiger partial charge in [0.15, 0.2) is 0 Å². The third kappa shape index (κ3) is 3.78. The summed E-state index contributed by atoms with van der Waals surface area (Å²) >= 11 is 0. The van der Waals surface area contributed by atoms with E-state index in [4.69, 9.17) is 0 Å². The highest BCUT2D eigenvalue weighted by atomic mass is 16.2. The summed E-state index contributed by atoms with van der Waals surface area (Å²) in [5.74, 6) is -0.390. The predicted molar refractivity (Wildman–Crippen MR) is 110 cm³/mol. The Morgan fingerprint density at radius 1 is 1.03 bits per heavy atom. The van der Waals surface area contributed by atoms with Crippen molar-refractivity contribution in [3.63, 3.8) is 0 Å². The molecule has 0 bridgehead atoms. The molecule has 1 fully saturated rings. The quantitative estimate of drug-likeness (QED) is 0.826. The minimum atomic E-state index is -0.334. The molecule has 0 radical (unpaired) electrons. The first-order chi connectivity index (χ1) is 14.0. The normalized spacial score (nSPS) is 16.9. The van der Waals surface area contributed by atoms with Crippen molar-refractivity contribution in [2.45, 2.75) is 18.9 Å². The van der Waals surface area contributed by atoms with Crippen LogP contribution in [0.15, 0.2) is 61.2 Å². The first kappa shape index (κ1) is 18.9. The molecule has 0 aliphatic carbocycles. The number of fused-ring (bicyclic) bond motifs is 1. The first-order valence-electron chi connectivity index (χ1n) is 9.77. The van der Waals surface area contributed by atoms with Crippen molar-refractivity contribution in [3.8, 4) is 0 Å². The van der Waals surface area contributed by atoms with Crippen LogP contribution >= 0.6 is 0 Å². The molecule has 1 saturated heterocycles. The molecule has 2 aromatic rings. The van der Waals surface area contributed by atoms with Gasteiger partial charge in [0.25, 0.3) is 5.91 Å². The SMILES string of the molecule is C=C1c2ccccc2C(=O)N1CC(=O)NC(CN1CCCC1=O)c1ccccc1. The zero-order valence-corrected chi connectivity index (χ0v) is 16.1. The zero-order valence-electron chi connectivity index (χ0n) is 16.1. The Hall–Kier alpha value is -3.41. The van der Waals surface area contributed by atoms with Gasteiger partial charge >= 0.3 is 0 Å². The molecule has 0 aromatic heterocycles. The molecular weight excluding hydrogens is 366 g/mol. The fourth-order valence-corrected chi connectivity index (χ4v) is 3.92. The molecule has 1 unspecified atom stereocenters. The third-order valence-corrected chi connectivity index (χ3v) is 5.45. The molecule has 148 valence electrons. The van der Waals surface area contributed by atoms with Gasteiger partial charge in [-0.25, -0.2) is 0 Å². The van der Waals surface area contributed by atoms with Crippen LogP contribution in [0, 0.1) is 0 Å². The van der Waals surface area contributed by atoms with E-state index in [1.807, 2.05) is 42.5 Å². The molecular formula is C23H23N3O3. The maximum Gasteiger partial charge on any atom is 0.259 e. The molecule has 3 amide bonds. The maximum atomic E-state index is 12.8. The summed E-state index contributed by atoms with van der Waals surface area (Å²) in [4.78, 5) is 40.7. The number of amides is 3. The van der Waals surface area contributed by atoms with E-state index in [-0.39, 0.29) is 30.3 Å². The molecule has 0 spiro atoms. The van der Waals surface area contributed by atoms with E-state index in [9.17, 15) is 14.4 Å². The minimum Gasteiger partial charge on any atom is -0.346 e. The number of nitrogens with zero attached hydrogens (tertiary/aromatic N) is 2. The van der Waals surface area contributed by atoms with Gasteiger partial charge in [-0.05, 0) is 18.1 Å². The fourth-order valence-electron chi connectivity index (χ4n) is 3.92. The lowest BCUT2D eigenvalue weighted by Crippen LogP contribution is -2.42. The van der Waals surface area contributed by atoms with Crippen LogP contribution in [0.4, 0.5) is 0 Å². The molecule has 4 rings (SSSR count). The van der Waals surface area contributed by atoms with Gasteiger partial charge in [-0.15, -0.1) is 0 Å². The van der Waals surface area contributed by atoms with Gasteiger partial charge in [0.2, 0.25) is 11.8 Å². The van der Waals surface area contributed by atoms with Gasteiger partial charge in [0.1, 0.15) is 6.54 Å². The molecule has 2 heterocycles. The van der Waals surface area contributed by atoms with Gasteiger partial charge in [-0.2, -0.15) is 0 Å². The second kappa shape index (κ2) is 7.91. The maximum absolute atomic E-state index is 12.8. The first-order valence-corrected chi connectivity index (χ1v) is 9.77. The highest BCUT2D eigenvalue weighted by Crippen LogP contribution is 2.30. The van der Waals surface area contributed by atoms with Gasteiger partial charge in [0.05, 0.1) is 6.04 Å². The number of rotatable bonds is 6. The van der Waals surface area contributed by atoms with Crippen LogP contribution < -0.4 is 5.32 Å². The van der Waals surface area contributed by atoms with Crippen LogP contribution in [0.2, 0.25) is 0 Å². The van der Waals surface area contributed by atoms with Crippen molar-refractivity contribution in [1.82, 2.24) is 15.1 Å². The van der Waals surface area contributed by atoms with E-state index in [0.29, 0.717) is 30.8 Å². The summed E-state index contributed by atoms with van der Waals surface area (Å²) in [7, 11) is 0. The number of carbonyl (C=O) groups excluding carboxylic acids is 3. The monoisotopic (exact) mass is 389 g/mol. The number of carbonyl (C=O) groups is 3. The lowest BCUT2D eigenvalue weighted by molar-refractivity contribution is -0.129. The van der Waals surface area contributed by atoms with E-state index in [1.165, 1.54) is 4.90 Å². The Morgan fingerprint density at radius 3 is 2.38 bits per heavy atom. The fraction of sp³-hybridized carbons (Fsp3) is 0.261. The van der Waals surface area contributed by atoms with E-state index < -0.39 is 0 Å². The molecule has 2 aliphatic rings. The molecule has 0 saturated carbocycles. The summed E-state index contributed by atoms with van der Waals surface area (Å²) in [6.45, 7) is 5.00. The van der Waals surface area contributed by atoms with Crippen molar-refractivity contribution in [2.24, 2.45) is 0 Å². The Morgan fingerprint density at radius 2 is 1.72 bits per heavy atom. The standard InChI is InChI=1S/C23H23N3O3/c1-16-18-10-5-6-11-19(18)23(29)26(16)15-21(27)24-20(17-8-3-2-4-9-17)14-25-13-7-12-22(25)28/h2-6,8-11,20H,1,7,12-15H2,(H,24,27). The summed E-state index contributed by atoms with van der Waals surface area (Å²) in [6, 6.07) is 16.5. The van der Waals surface area contributed by atoms with Crippen molar-refractivity contribution >= 4 is 23.4 Å². The second-order valence-electron chi connectivity index (χ2n) is 7.36. The molecule has 2 aliphatic heterocycles. The highest BCUT2D eigenvalue weighted by Gasteiger charge is 2.33. The smallest absolute Gasteiger partial charge is 0.259 e. The van der Waals surface area contributed by atoms with Crippen LogP contribution in [0.3, 0.4) is 0 Å². The number of nitrogens with one attached hydrogen (secondary N) is 1. The van der Waals surface area contributed by atoms with Gasteiger partial charge in [-0.3, -0.25) is 19.3 Å². The largest absolute Gasteiger partial charge is 0.346 e. The summed E-state index contributed by atoms with van der Waals surface area (Å²) in [5.41, 5.74) is 2.78. The van der Waals surface area contributed by atoms with Crippen LogP contribution in [0.1, 0.15) is 40.4 Å². The van der Waals surface area contributed by atoms with E-state index in [2.05, 4.69) is 11.9 Å². The third-order valence-electron chi connectivity index (χ3n) is 5.45. The Balaban J connectivity index is 1.48. The predicted octanol–water partition coefficient (Wildman–Crippen LogP) is 2.59. The number of hydrogen-bond donors (Lipinski definition) is 1. The molecule has 6 nitrogen and oxygen atoms in total. The van der Waals surface area contributed by atoms with Crippen LogP contribution in [0.5, 0.6) is 0 Å². The van der Waals surface area contributed by atoms with E-state index in [0.717, 1.165) is 17.5 Å². The average molecular weight is 389 g/mol. The molecule has 29 heavy (non-hydrogen) atoms. The van der Waals surface area contributed by atoms with Gasteiger partial charge < -0.3 is 10.2 Å². The lowest BCUT2D eigenvalue weighted by Gasteiger charge is -2.26. The van der Waals surface area contributed by atoms with Crippen LogP contribution in [0.25, 0.3) is 5.70 Å². The molecule has 2 aromatic carbocycles. The zero-order chi connectivity index (χ0) is 20.4. The number of likely N-dealkylation sites (tertiary alicyclic amines) is 1. The molecule has 1 atom stereocenters. The average Bonchev–Trinajstić information content (AvgIpc) is 3.25. The second-order valence-corrected chi connectivity index (χ2v) is 7.36. The number of benzene rings is 2. The summed E-state index contributed by atoms with van der Waals surface area (Å²) < 4.78 is 0. The Labute approximate surface area is 169 Å². The van der Waals surface area contributed by atoms with Gasteiger partial charge in [0, 0.05) is 36.3 Å². The van der Waals surface area contributed by atoms with Crippen molar-refractivity contribution in [1.29, 1.82) is 0 Å². The van der Waals surface area contributed by atoms with E-state index in [1.54, 1.807) is 17.0 Å². The topological polar surface area (TPSA) is 69.7 Å². The molecule has 6 heteroatoms. The Kier molecular flexibility index (Phi) is 5.16. The lowest BCUT2D eigenvalue weighted by atomic mass is 10.1. The summed E-state index contributed by atoms with van der Waals surface area (Å²) in [6.07, 6.45) is 1.39. The highest BCUT2D eigenvalue weighted by molar-refractivity contribution is 6.10.